The number of ketones is 1. The standard InChI is InChI=1S/C17H28O3/c1-9-20-17(19-8)13(15(2,3)4)10-12(18)11-14(17)16(5,6)7/h10-11H,9H2,1-8H3. The zero-order valence-electron chi connectivity index (χ0n) is 14.1. The van der Waals surface area contributed by atoms with E-state index >= 15 is 0 Å². The third-order valence-corrected chi connectivity index (χ3v) is 3.53. The predicted molar refractivity (Wildman–Crippen MR) is 81.4 cm³/mol. The first-order chi connectivity index (χ1) is 8.99. The Kier molecular flexibility index (Phi) is 4.67. The second-order valence-electron chi connectivity index (χ2n) is 7.27. The topological polar surface area (TPSA) is 35.5 Å². The van der Waals surface area contributed by atoms with Crippen LogP contribution in [0.2, 0.25) is 0 Å². The molecule has 1 aliphatic carbocycles. The van der Waals surface area contributed by atoms with Crippen LogP contribution in [0.25, 0.3) is 0 Å². The third-order valence-electron chi connectivity index (χ3n) is 3.53. The van der Waals surface area contributed by atoms with Crippen molar-refractivity contribution in [1.82, 2.24) is 0 Å². The van der Waals surface area contributed by atoms with E-state index in [1.54, 1.807) is 19.3 Å². The van der Waals surface area contributed by atoms with Crippen LogP contribution in [-0.2, 0) is 14.3 Å². The van der Waals surface area contributed by atoms with Crippen LogP contribution in [0.5, 0.6) is 0 Å². The minimum absolute atomic E-state index is 0.00669. The van der Waals surface area contributed by atoms with Gasteiger partial charge < -0.3 is 9.47 Å². The number of hydrogen-bond donors (Lipinski definition) is 0. The molecule has 0 saturated carbocycles. The second kappa shape index (κ2) is 5.45. The van der Waals surface area contributed by atoms with Gasteiger partial charge in [-0.15, -0.1) is 0 Å². The number of carbonyl (C=O) groups is 1. The molecule has 0 radical (unpaired) electrons. The van der Waals surface area contributed by atoms with Gasteiger partial charge in [0.05, 0.1) is 0 Å². The van der Waals surface area contributed by atoms with E-state index in [2.05, 4.69) is 41.5 Å². The van der Waals surface area contributed by atoms with Crippen molar-refractivity contribution in [1.29, 1.82) is 0 Å². The molecule has 0 saturated heterocycles. The quantitative estimate of drug-likeness (QED) is 0.736. The highest BCUT2D eigenvalue weighted by Gasteiger charge is 2.50. The summed E-state index contributed by atoms with van der Waals surface area (Å²) >= 11 is 0. The van der Waals surface area contributed by atoms with E-state index in [0.29, 0.717) is 6.61 Å². The molecule has 0 bridgehead atoms. The Morgan fingerprint density at radius 3 is 1.65 bits per heavy atom. The van der Waals surface area contributed by atoms with Gasteiger partial charge in [0.15, 0.2) is 5.78 Å². The first-order valence-electron chi connectivity index (χ1n) is 7.17. The maximum absolute atomic E-state index is 12.1. The molecule has 0 fully saturated rings. The molecule has 0 amide bonds. The highest BCUT2D eigenvalue weighted by molar-refractivity contribution is 6.02. The summed E-state index contributed by atoms with van der Waals surface area (Å²) < 4.78 is 11.9. The lowest BCUT2D eigenvalue weighted by Gasteiger charge is -2.47. The van der Waals surface area contributed by atoms with Crippen molar-refractivity contribution >= 4 is 5.78 Å². The Morgan fingerprint density at radius 1 is 1.00 bits per heavy atom. The highest BCUT2D eigenvalue weighted by Crippen LogP contribution is 2.48. The number of allylic oxidation sites excluding steroid dienone is 2. The molecule has 0 aliphatic heterocycles. The van der Waals surface area contributed by atoms with Gasteiger partial charge in [0, 0.05) is 24.9 Å². The minimum Gasteiger partial charge on any atom is -0.346 e. The number of ether oxygens (including phenoxy) is 2. The molecule has 1 rings (SSSR count). The summed E-state index contributed by atoms with van der Waals surface area (Å²) in [6.45, 7) is 14.9. The Balaban J connectivity index is 3.56. The smallest absolute Gasteiger partial charge is 0.215 e. The SMILES string of the molecule is CCOC1(OC)C(C(C)(C)C)=CC(=O)C=C1C(C)(C)C. The summed E-state index contributed by atoms with van der Waals surface area (Å²) in [5.74, 6) is -0.939. The van der Waals surface area contributed by atoms with Crippen molar-refractivity contribution in [2.45, 2.75) is 54.3 Å². The van der Waals surface area contributed by atoms with Crippen molar-refractivity contribution in [3.8, 4) is 0 Å². The molecule has 1 aliphatic rings. The van der Waals surface area contributed by atoms with Crippen molar-refractivity contribution in [3.63, 3.8) is 0 Å². The van der Waals surface area contributed by atoms with Crippen molar-refractivity contribution in [2.24, 2.45) is 10.8 Å². The number of methoxy groups -OCH3 is 1. The van der Waals surface area contributed by atoms with Gasteiger partial charge in [0.2, 0.25) is 5.79 Å². The van der Waals surface area contributed by atoms with Gasteiger partial charge in [-0.1, -0.05) is 41.5 Å². The minimum atomic E-state index is -0.945. The molecule has 0 aromatic heterocycles. The molecule has 3 heteroatoms. The summed E-state index contributed by atoms with van der Waals surface area (Å²) in [4.78, 5) is 12.1. The molecule has 20 heavy (non-hydrogen) atoms. The number of carbonyl (C=O) groups excluding carboxylic acids is 1. The molecule has 0 atom stereocenters. The summed E-state index contributed by atoms with van der Waals surface area (Å²) in [5, 5.41) is 0. The largest absolute Gasteiger partial charge is 0.346 e. The van der Waals surface area contributed by atoms with E-state index in [0.717, 1.165) is 11.1 Å². The summed E-state index contributed by atoms with van der Waals surface area (Å²) in [7, 11) is 1.64. The van der Waals surface area contributed by atoms with Gasteiger partial charge in [0.25, 0.3) is 0 Å². The lowest BCUT2D eigenvalue weighted by atomic mass is 9.69. The van der Waals surface area contributed by atoms with E-state index in [-0.39, 0.29) is 16.6 Å². The average Bonchev–Trinajstić information content (AvgIpc) is 2.28. The predicted octanol–water partition coefficient (Wildman–Crippen LogP) is 3.89. The van der Waals surface area contributed by atoms with Crippen molar-refractivity contribution in [3.05, 3.63) is 23.3 Å². The van der Waals surface area contributed by atoms with Crippen LogP contribution in [-0.4, -0.2) is 25.3 Å². The second-order valence-corrected chi connectivity index (χ2v) is 7.27. The molecule has 0 spiro atoms. The zero-order chi connectivity index (χ0) is 15.8. The Morgan fingerprint density at radius 2 is 1.40 bits per heavy atom. The van der Waals surface area contributed by atoms with Crippen LogP contribution in [0.15, 0.2) is 23.3 Å². The molecule has 0 aromatic carbocycles. The van der Waals surface area contributed by atoms with E-state index in [9.17, 15) is 4.79 Å². The third kappa shape index (κ3) is 3.04. The van der Waals surface area contributed by atoms with Gasteiger partial charge in [-0.05, 0) is 29.9 Å². The lowest BCUT2D eigenvalue weighted by molar-refractivity contribution is -0.183. The van der Waals surface area contributed by atoms with Crippen LogP contribution >= 0.6 is 0 Å². The number of hydrogen-bond acceptors (Lipinski definition) is 3. The molecular weight excluding hydrogens is 252 g/mol. The molecular formula is C17H28O3. The molecule has 3 nitrogen and oxygen atoms in total. The maximum atomic E-state index is 12.1. The van der Waals surface area contributed by atoms with Gasteiger partial charge in [-0.2, -0.15) is 0 Å². The van der Waals surface area contributed by atoms with E-state index in [4.69, 9.17) is 9.47 Å². The Hall–Kier alpha value is -0.930. The van der Waals surface area contributed by atoms with Crippen molar-refractivity contribution in [2.75, 3.05) is 13.7 Å². The van der Waals surface area contributed by atoms with Gasteiger partial charge >= 0.3 is 0 Å². The zero-order valence-corrected chi connectivity index (χ0v) is 14.1. The fourth-order valence-electron chi connectivity index (χ4n) is 2.72. The summed E-state index contributed by atoms with van der Waals surface area (Å²) in [5.41, 5.74) is 1.33. The first-order valence-corrected chi connectivity index (χ1v) is 7.17. The maximum Gasteiger partial charge on any atom is 0.215 e. The van der Waals surface area contributed by atoms with E-state index in [1.807, 2.05) is 6.92 Å². The Labute approximate surface area is 123 Å². The number of rotatable bonds is 3. The normalized spacial score (nSPS) is 19.7. The lowest BCUT2D eigenvalue weighted by Crippen LogP contribution is -2.49. The Bertz CT molecular complexity index is 408. The van der Waals surface area contributed by atoms with Gasteiger partial charge in [-0.3, -0.25) is 4.79 Å². The average molecular weight is 280 g/mol. The molecule has 114 valence electrons. The van der Waals surface area contributed by atoms with Crippen molar-refractivity contribution < 1.29 is 14.3 Å². The van der Waals surface area contributed by atoms with E-state index < -0.39 is 5.79 Å². The van der Waals surface area contributed by atoms with Crippen LogP contribution in [0, 0.1) is 10.8 Å². The first kappa shape index (κ1) is 17.1. The van der Waals surface area contributed by atoms with Crippen LogP contribution in [0.1, 0.15) is 48.5 Å². The van der Waals surface area contributed by atoms with Crippen LogP contribution in [0.3, 0.4) is 0 Å². The monoisotopic (exact) mass is 280 g/mol. The summed E-state index contributed by atoms with van der Waals surface area (Å²) in [6, 6.07) is 0. The fourth-order valence-corrected chi connectivity index (χ4v) is 2.72. The molecule has 0 unspecified atom stereocenters. The van der Waals surface area contributed by atoms with Gasteiger partial charge in [0.1, 0.15) is 0 Å². The highest BCUT2D eigenvalue weighted by atomic mass is 16.7. The summed E-state index contributed by atoms with van der Waals surface area (Å²) in [6.07, 6.45) is 3.32. The van der Waals surface area contributed by atoms with Crippen LogP contribution in [0.4, 0.5) is 0 Å². The molecule has 0 N–H and O–H groups in total. The fraction of sp³-hybridized carbons (Fsp3) is 0.706. The molecule has 0 heterocycles. The van der Waals surface area contributed by atoms with Gasteiger partial charge in [-0.25, -0.2) is 0 Å². The van der Waals surface area contributed by atoms with Crippen LogP contribution < -0.4 is 0 Å². The van der Waals surface area contributed by atoms with E-state index in [1.165, 1.54) is 0 Å². The molecule has 0 aromatic rings.